The predicted octanol–water partition coefficient (Wildman–Crippen LogP) is 2.84. The zero-order valence-corrected chi connectivity index (χ0v) is 19.6. The van der Waals surface area contributed by atoms with Gasteiger partial charge in [0.25, 0.3) is 0 Å². The van der Waals surface area contributed by atoms with E-state index >= 15 is 0 Å². The molecule has 0 aromatic carbocycles. The topological polar surface area (TPSA) is 76.6 Å². The summed E-state index contributed by atoms with van der Waals surface area (Å²) in [4.78, 5) is 4.74. The molecule has 27 heavy (non-hydrogen) atoms. The van der Waals surface area contributed by atoms with E-state index in [1.54, 1.807) is 29.8 Å². The van der Waals surface area contributed by atoms with Crippen molar-refractivity contribution in [2.75, 3.05) is 32.2 Å². The van der Waals surface area contributed by atoms with Gasteiger partial charge in [-0.3, -0.25) is 0 Å². The summed E-state index contributed by atoms with van der Waals surface area (Å²) >= 11 is 1.80. The lowest BCUT2D eigenvalue weighted by Gasteiger charge is -2.12. The minimum atomic E-state index is 0. The van der Waals surface area contributed by atoms with E-state index < -0.39 is 0 Å². The lowest BCUT2D eigenvalue weighted by atomic mass is 10.2. The fourth-order valence-electron chi connectivity index (χ4n) is 2.67. The Morgan fingerprint density at radius 3 is 2.78 bits per heavy atom. The van der Waals surface area contributed by atoms with Crippen molar-refractivity contribution in [3.63, 3.8) is 0 Å². The minimum absolute atomic E-state index is 0. The highest BCUT2D eigenvalue weighted by Crippen LogP contribution is 2.22. The van der Waals surface area contributed by atoms with Crippen molar-refractivity contribution in [3.8, 4) is 5.88 Å². The molecule has 0 fully saturated rings. The SMILES string of the molecule is CCc1nn(C)c(OC)c1CN=C(NCCSC)NCCc1ccco1.I. The van der Waals surface area contributed by atoms with Crippen LogP contribution in [0.15, 0.2) is 27.8 Å². The Morgan fingerprint density at radius 1 is 1.37 bits per heavy atom. The monoisotopic (exact) mass is 507 g/mol. The molecule has 7 nitrogen and oxygen atoms in total. The molecule has 2 heterocycles. The van der Waals surface area contributed by atoms with E-state index in [2.05, 4.69) is 28.9 Å². The Labute approximate surface area is 182 Å². The van der Waals surface area contributed by atoms with Crippen LogP contribution in [0.5, 0.6) is 5.88 Å². The Balaban J connectivity index is 0.00000364. The highest BCUT2D eigenvalue weighted by atomic mass is 127. The van der Waals surface area contributed by atoms with Crippen LogP contribution in [0, 0.1) is 0 Å². The third-order valence-electron chi connectivity index (χ3n) is 3.94. The number of aliphatic imine (C=N–C) groups is 1. The van der Waals surface area contributed by atoms with Gasteiger partial charge in [0.15, 0.2) is 5.96 Å². The molecule has 0 aliphatic carbocycles. The molecule has 0 unspecified atom stereocenters. The number of methoxy groups -OCH3 is 1. The van der Waals surface area contributed by atoms with Crippen LogP contribution in [0.25, 0.3) is 0 Å². The van der Waals surface area contributed by atoms with Crippen LogP contribution in [0.2, 0.25) is 0 Å². The summed E-state index contributed by atoms with van der Waals surface area (Å²) in [6.07, 6.45) is 5.45. The smallest absolute Gasteiger partial charge is 0.216 e. The second-order valence-corrected chi connectivity index (χ2v) is 6.74. The molecular formula is C18H30IN5O2S. The van der Waals surface area contributed by atoms with Crippen molar-refractivity contribution in [1.29, 1.82) is 0 Å². The lowest BCUT2D eigenvalue weighted by molar-refractivity contribution is 0.369. The van der Waals surface area contributed by atoms with E-state index in [0.717, 1.165) is 60.5 Å². The normalized spacial score (nSPS) is 11.2. The Morgan fingerprint density at radius 2 is 2.15 bits per heavy atom. The molecule has 0 spiro atoms. The average molecular weight is 507 g/mol. The van der Waals surface area contributed by atoms with Crippen LogP contribution in [0.4, 0.5) is 0 Å². The van der Waals surface area contributed by atoms with Crippen molar-refractivity contribution < 1.29 is 9.15 Å². The fourth-order valence-corrected chi connectivity index (χ4v) is 2.97. The summed E-state index contributed by atoms with van der Waals surface area (Å²) in [6.45, 7) is 4.23. The van der Waals surface area contributed by atoms with Gasteiger partial charge in [0.1, 0.15) is 5.76 Å². The van der Waals surface area contributed by atoms with Crippen LogP contribution in [0.1, 0.15) is 23.9 Å². The number of halogens is 1. The van der Waals surface area contributed by atoms with Crippen molar-refractivity contribution in [2.24, 2.45) is 12.0 Å². The van der Waals surface area contributed by atoms with E-state index in [1.165, 1.54) is 0 Å². The molecule has 2 aromatic rings. The Bertz CT molecular complexity index is 688. The van der Waals surface area contributed by atoms with Gasteiger partial charge in [-0.25, -0.2) is 9.67 Å². The number of ether oxygens (including phenoxy) is 1. The summed E-state index contributed by atoms with van der Waals surface area (Å²) < 4.78 is 12.6. The van der Waals surface area contributed by atoms with E-state index in [4.69, 9.17) is 14.1 Å². The number of hydrogen-bond donors (Lipinski definition) is 2. The van der Waals surface area contributed by atoms with Gasteiger partial charge < -0.3 is 19.8 Å². The quantitative estimate of drug-likeness (QED) is 0.223. The maximum absolute atomic E-state index is 5.49. The Kier molecular flexibility index (Phi) is 11.3. The highest BCUT2D eigenvalue weighted by Gasteiger charge is 2.15. The van der Waals surface area contributed by atoms with Crippen LogP contribution in [0.3, 0.4) is 0 Å². The average Bonchev–Trinajstić information content (AvgIpc) is 3.26. The summed E-state index contributed by atoms with van der Waals surface area (Å²) in [7, 11) is 3.56. The molecule has 9 heteroatoms. The molecule has 0 saturated heterocycles. The molecule has 2 N–H and O–H groups in total. The zero-order valence-electron chi connectivity index (χ0n) is 16.4. The molecule has 0 saturated carbocycles. The molecule has 152 valence electrons. The van der Waals surface area contributed by atoms with Gasteiger partial charge in [-0.15, -0.1) is 24.0 Å². The number of hydrogen-bond acceptors (Lipinski definition) is 5. The number of aryl methyl sites for hydroxylation is 2. The van der Waals surface area contributed by atoms with Gasteiger partial charge in [0, 0.05) is 32.3 Å². The van der Waals surface area contributed by atoms with Crippen molar-refractivity contribution in [3.05, 3.63) is 35.4 Å². The highest BCUT2D eigenvalue weighted by molar-refractivity contribution is 14.0. The molecule has 0 amide bonds. The number of furan rings is 1. The van der Waals surface area contributed by atoms with Crippen LogP contribution < -0.4 is 15.4 Å². The van der Waals surface area contributed by atoms with Gasteiger partial charge in [-0.1, -0.05) is 6.92 Å². The molecule has 0 bridgehead atoms. The van der Waals surface area contributed by atoms with Crippen molar-refractivity contribution >= 4 is 41.7 Å². The molecule has 2 rings (SSSR count). The first kappa shape index (κ1) is 23.7. The van der Waals surface area contributed by atoms with E-state index in [1.807, 2.05) is 19.2 Å². The van der Waals surface area contributed by atoms with Gasteiger partial charge in [0.05, 0.1) is 31.2 Å². The summed E-state index contributed by atoms with van der Waals surface area (Å²) in [6, 6.07) is 3.88. The van der Waals surface area contributed by atoms with Crippen molar-refractivity contribution in [2.45, 2.75) is 26.3 Å². The summed E-state index contributed by atoms with van der Waals surface area (Å²) in [5.74, 6) is 3.54. The molecule has 0 atom stereocenters. The zero-order chi connectivity index (χ0) is 18.8. The third-order valence-corrected chi connectivity index (χ3v) is 4.55. The molecular weight excluding hydrogens is 477 g/mol. The lowest BCUT2D eigenvalue weighted by Crippen LogP contribution is -2.39. The third kappa shape index (κ3) is 7.28. The largest absolute Gasteiger partial charge is 0.481 e. The van der Waals surface area contributed by atoms with Crippen LogP contribution in [-0.2, 0) is 26.4 Å². The maximum Gasteiger partial charge on any atom is 0.216 e. The van der Waals surface area contributed by atoms with E-state index in [-0.39, 0.29) is 24.0 Å². The molecule has 0 radical (unpaired) electrons. The van der Waals surface area contributed by atoms with E-state index in [0.29, 0.717) is 6.54 Å². The summed E-state index contributed by atoms with van der Waals surface area (Å²) in [5, 5.41) is 11.3. The number of nitrogens with zero attached hydrogens (tertiary/aromatic N) is 3. The van der Waals surface area contributed by atoms with Gasteiger partial charge in [-0.2, -0.15) is 16.9 Å². The van der Waals surface area contributed by atoms with Crippen molar-refractivity contribution in [1.82, 2.24) is 20.4 Å². The number of rotatable bonds is 10. The second kappa shape index (κ2) is 12.9. The summed E-state index contributed by atoms with van der Waals surface area (Å²) in [5.41, 5.74) is 2.06. The first-order chi connectivity index (χ1) is 12.7. The second-order valence-electron chi connectivity index (χ2n) is 5.75. The van der Waals surface area contributed by atoms with E-state index in [9.17, 15) is 0 Å². The van der Waals surface area contributed by atoms with Gasteiger partial charge >= 0.3 is 0 Å². The number of guanidine groups is 1. The molecule has 0 aliphatic rings. The molecule has 2 aromatic heterocycles. The van der Waals surface area contributed by atoms with Gasteiger partial charge in [-0.05, 0) is 24.8 Å². The first-order valence-electron chi connectivity index (χ1n) is 8.81. The predicted molar refractivity (Wildman–Crippen MR) is 122 cm³/mol. The minimum Gasteiger partial charge on any atom is -0.481 e. The maximum atomic E-state index is 5.49. The Hall–Kier alpha value is -1.36. The van der Waals surface area contributed by atoms with Gasteiger partial charge in [0.2, 0.25) is 5.88 Å². The number of aromatic nitrogens is 2. The molecule has 0 aliphatic heterocycles. The number of nitrogens with one attached hydrogen (secondary N) is 2. The number of thioether (sulfide) groups is 1. The van der Waals surface area contributed by atoms with Crippen LogP contribution in [-0.4, -0.2) is 47.9 Å². The standard InChI is InChI=1S/C18H29N5O2S.HI/c1-5-16-15(17(24-3)23(2)22-16)13-21-18(20-10-12-26-4)19-9-8-14-7-6-11-25-14;/h6-7,11H,5,8-10,12-13H2,1-4H3,(H2,19,20,21);1H. The van der Waals surface area contributed by atoms with Crippen LogP contribution >= 0.6 is 35.7 Å². The first-order valence-corrected chi connectivity index (χ1v) is 10.2. The fraction of sp³-hybridized carbons (Fsp3) is 0.556.